The predicted molar refractivity (Wildman–Crippen MR) is 120 cm³/mol. The topological polar surface area (TPSA) is 71.1 Å². The van der Waals surface area contributed by atoms with Crippen molar-refractivity contribution in [2.45, 2.75) is 75.8 Å². The van der Waals surface area contributed by atoms with Gasteiger partial charge in [-0.1, -0.05) is 19.4 Å². The second kappa shape index (κ2) is 8.87. The van der Waals surface area contributed by atoms with E-state index < -0.39 is 0 Å². The number of hydrogen-bond donors (Lipinski definition) is 1. The molecule has 3 heterocycles. The van der Waals surface area contributed by atoms with Gasteiger partial charge in [0.2, 0.25) is 5.91 Å². The Balaban J connectivity index is 1.29. The largest absolute Gasteiger partial charge is 0.489 e. The van der Waals surface area contributed by atoms with Gasteiger partial charge in [0.25, 0.3) is 5.91 Å². The number of nitrogens with one attached hydrogen (secondary N) is 1. The summed E-state index contributed by atoms with van der Waals surface area (Å²) < 4.78 is 12.0. The van der Waals surface area contributed by atoms with Gasteiger partial charge in [0, 0.05) is 50.5 Å². The van der Waals surface area contributed by atoms with E-state index in [0.29, 0.717) is 37.2 Å². The molecule has 2 saturated heterocycles. The fourth-order valence-corrected chi connectivity index (χ4v) is 5.63. The standard InChI is InChI=1S/C25H33N3O4/c1-16-21(10-11-24(29)26-16)28-13-17-12-18(8-9-20(17)25(28)30)32-23-7-5-3-4-6-22(23)27-14-19(15-27)31-2/h8-9,12,19,21-23H,1,3-7,10-11,13-15H2,2H3,(H,26,29)/t21?,22-,23+/m1/s1. The molecule has 5 rings (SSSR count). The average molecular weight is 440 g/mol. The van der Waals surface area contributed by atoms with E-state index in [1.54, 1.807) is 7.11 Å². The number of carbonyl (C=O) groups excluding carboxylic acids is 2. The van der Waals surface area contributed by atoms with Crippen LogP contribution in [0.4, 0.5) is 0 Å². The molecule has 4 aliphatic rings. The van der Waals surface area contributed by atoms with Crippen molar-refractivity contribution < 1.29 is 19.1 Å². The monoisotopic (exact) mass is 439 g/mol. The average Bonchev–Trinajstić information content (AvgIpc) is 2.90. The number of likely N-dealkylation sites (tertiary alicyclic amines) is 1. The highest BCUT2D eigenvalue weighted by Crippen LogP contribution is 2.34. The van der Waals surface area contributed by atoms with Gasteiger partial charge in [-0.2, -0.15) is 0 Å². The lowest BCUT2D eigenvalue weighted by atomic mass is 9.98. The van der Waals surface area contributed by atoms with E-state index in [1.807, 2.05) is 23.1 Å². The molecule has 1 saturated carbocycles. The Kier molecular flexibility index (Phi) is 5.95. The zero-order valence-electron chi connectivity index (χ0n) is 18.8. The summed E-state index contributed by atoms with van der Waals surface area (Å²) in [5, 5.41) is 2.79. The molecule has 3 fully saturated rings. The summed E-state index contributed by atoms with van der Waals surface area (Å²) in [6.45, 7) is 6.47. The van der Waals surface area contributed by atoms with Crippen LogP contribution in [0.5, 0.6) is 5.75 Å². The smallest absolute Gasteiger partial charge is 0.255 e. The summed E-state index contributed by atoms with van der Waals surface area (Å²) >= 11 is 0. The van der Waals surface area contributed by atoms with Crippen LogP contribution in [0, 0.1) is 0 Å². The van der Waals surface area contributed by atoms with Crippen LogP contribution in [0.25, 0.3) is 0 Å². The summed E-state index contributed by atoms with van der Waals surface area (Å²) in [6, 6.07) is 6.14. The normalized spacial score (nSPS) is 29.3. The van der Waals surface area contributed by atoms with E-state index >= 15 is 0 Å². The fraction of sp³-hybridized carbons (Fsp3) is 0.600. The van der Waals surface area contributed by atoms with E-state index in [1.165, 1.54) is 19.3 Å². The molecule has 0 aromatic heterocycles. The summed E-state index contributed by atoms with van der Waals surface area (Å²) in [4.78, 5) is 29.0. The van der Waals surface area contributed by atoms with Crippen LogP contribution < -0.4 is 10.1 Å². The third kappa shape index (κ3) is 4.04. The highest BCUT2D eigenvalue weighted by molar-refractivity contribution is 5.99. The van der Waals surface area contributed by atoms with Crippen LogP contribution in [0.15, 0.2) is 30.5 Å². The number of methoxy groups -OCH3 is 1. The summed E-state index contributed by atoms with van der Waals surface area (Å²) in [5.74, 6) is 0.824. The Morgan fingerprint density at radius 2 is 1.91 bits per heavy atom. The summed E-state index contributed by atoms with van der Waals surface area (Å²) in [5.41, 5.74) is 2.33. The van der Waals surface area contributed by atoms with Crippen LogP contribution in [0.3, 0.4) is 0 Å². The van der Waals surface area contributed by atoms with Crippen molar-refractivity contribution in [2.24, 2.45) is 0 Å². The van der Waals surface area contributed by atoms with Crippen molar-refractivity contribution in [3.05, 3.63) is 41.6 Å². The first-order valence-corrected chi connectivity index (χ1v) is 11.9. The molecule has 1 aliphatic carbocycles. The maximum absolute atomic E-state index is 13.0. The fourth-order valence-electron chi connectivity index (χ4n) is 5.63. The van der Waals surface area contributed by atoms with E-state index in [2.05, 4.69) is 16.8 Å². The number of hydrogen-bond acceptors (Lipinski definition) is 5. The zero-order valence-corrected chi connectivity index (χ0v) is 18.8. The lowest BCUT2D eigenvalue weighted by Gasteiger charge is -2.45. The molecule has 0 bridgehead atoms. The van der Waals surface area contributed by atoms with Gasteiger partial charge in [0.1, 0.15) is 11.9 Å². The Morgan fingerprint density at radius 1 is 1.09 bits per heavy atom. The third-order valence-electron chi connectivity index (χ3n) is 7.52. The van der Waals surface area contributed by atoms with Gasteiger partial charge in [-0.3, -0.25) is 14.5 Å². The predicted octanol–water partition coefficient (Wildman–Crippen LogP) is 2.85. The lowest BCUT2D eigenvalue weighted by Crippen LogP contribution is -2.59. The second-order valence-corrected chi connectivity index (χ2v) is 9.55. The Bertz CT molecular complexity index is 910. The van der Waals surface area contributed by atoms with Crippen LogP contribution in [0.2, 0.25) is 0 Å². The number of nitrogens with zero attached hydrogens (tertiary/aromatic N) is 2. The molecule has 3 atom stereocenters. The molecular formula is C25H33N3O4. The number of carbonyl (C=O) groups is 2. The minimum absolute atomic E-state index is 0.00683. The molecule has 0 spiro atoms. The van der Waals surface area contributed by atoms with E-state index in [9.17, 15) is 9.59 Å². The van der Waals surface area contributed by atoms with E-state index in [-0.39, 0.29) is 24.0 Å². The van der Waals surface area contributed by atoms with Gasteiger partial charge in [0.05, 0.1) is 12.1 Å². The quantitative estimate of drug-likeness (QED) is 0.715. The van der Waals surface area contributed by atoms with Gasteiger partial charge in [-0.05, 0) is 49.4 Å². The molecule has 172 valence electrons. The maximum Gasteiger partial charge on any atom is 0.255 e. The molecule has 3 aliphatic heterocycles. The van der Waals surface area contributed by atoms with Crippen molar-refractivity contribution >= 4 is 11.8 Å². The highest BCUT2D eigenvalue weighted by Gasteiger charge is 2.39. The summed E-state index contributed by atoms with van der Waals surface area (Å²) in [7, 11) is 1.79. The molecule has 1 N–H and O–H groups in total. The molecule has 2 amide bonds. The number of benzene rings is 1. The Labute approximate surface area is 189 Å². The van der Waals surface area contributed by atoms with Crippen LogP contribution >= 0.6 is 0 Å². The maximum atomic E-state index is 13.0. The summed E-state index contributed by atoms with van der Waals surface area (Å²) in [6.07, 6.45) is 7.45. The third-order valence-corrected chi connectivity index (χ3v) is 7.52. The SMILES string of the molecule is C=C1NC(=O)CCC1N1Cc2cc(O[C@H]3CCCCC[C@H]3N3CC(OC)C3)ccc2C1=O. The number of piperidine rings is 1. The molecule has 1 unspecified atom stereocenters. The minimum atomic E-state index is -0.150. The second-order valence-electron chi connectivity index (χ2n) is 9.55. The minimum Gasteiger partial charge on any atom is -0.489 e. The molecule has 32 heavy (non-hydrogen) atoms. The Hall–Kier alpha value is -2.38. The molecule has 1 aromatic rings. The number of amides is 2. The van der Waals surface area contributed by atoms with E-state index in [4.69, 9.17) is 9.47 Å². The first-order chi connectivity index (χ1) is 15.5. The number of rotatable bonds is 5. The van der Waals surface area contributed by atoms with Gasteiger partial charge >= 0.3 is 0 Å². The van der Waals surface area contributed by atoms with Crippen LogP contribution in [-0.2, 0) is 16.1 Å². The molecule has 7 heteroatoms. The van der Waals surface area contributed by atoms with Gasteiger partial charge < -0.3 is 19.7 Å². The zero-order chi connectivity index (χ0) is 22.2. The van der Waals surface area contributed by atoms with Crippen molar-refractivity contribution in [3.8, 4) is 5.75 Å². The molecular weight excluding hydrogens is 406 g/mol. The van der Waals surface area contributed by atoms with Gasteiger partial charge in [0.15, 0.2) is 0 Å². The first kappa shape index (κ1) is 21.5. The van der Waals surface area contributed by atoms with Crippen molar-refractivity contribution in [1.29, 1.82) is 0 Å². The van der Waals surface area contributed by atoms with Gasteiger partial charge in [-0.15, -0.1) is 0 Å². The van der Waals surface area contributed by atoms with Crippen molar-refractivity contribution in [1.82, 2.24) is 15.1 Å². The molecule has 0 radical (unpaired) electrons. The number of fused-ring (bicyclic) bond motifs is 1. The lowest BCUT2D eigenvalue weighted by molar-refractivity contribution is -0.121. The van der Waals surface area contributed by atoms with Crippen molar-refractivity contribution in [3.63, 3.8) is 0 Å². The molecule has 1 aromatic carbocycles. The number of ether oxygens (including phenoxy) is 2. The van der Waals surface area contributed by atoms with Crippen molar-refractivity contribution in [2.75, 3.05) is 20.2 Å². The Morgan fingerprint density at radius 3 is 2.69 bits per heavy atom. The van der Waals surface area contributed by atoms with E-state index in [0.717, 1.165) is 42.8 Å². The van der Waals surface area contributed by atoms with Crippen LogP contribution in [0.1, 0.15) is 60.9 Å². The first-order valence-electron chi connectivity index (χ1n) is 11.9. The highest BCUT2D eigenvalue weighted by atomic mass is 16.5. The molecule has 7 nitrogen and oxygen atoms in total. The van der Waals surface area contributed by atoms with Crippen LogP contribution in [-0.4, -0.2) is 66.1 Å². The van der Waals surface area contributed by atoms with Gasteiger partial charge in [-0.25, -0.2) is 0 Å².